The lowest BCUT2D eigenvalue weighted by molar-refractivity contribution is -0.0159. The number of amides is 2. The van der Waals surface area contributed by atoms with Gasteiger partial charge in [-0.1, -0.05) is 0 Å². The van der Waals surface area contributed by atoms with E-state index in [0.717, 1.165) is 31.9 Å². The zero-order valence-electron chi connectivity index (χ0n) is 20.6. The molecule has 0 spiro atoms. The summed E-state index contributed by atoms with van der Waals surface area (Å²) in [5.41, 5.74) is 1.74. The van der Waals surface area contributed by atoms with Crippen LogP contribution in [-0.4, -0.2) is 92.9 Å². The van der Waals surface area contributed by atoms with Gasteiger partial charge in [0.2, 0.25) is 0 Å². The van der Waals surface area contributed by atoms with E-state index >= 15 is 0 Å². The molecule has 36 heavy (non-hydrogen) atoms. The third-order valence-corrected chi connectivity index (χ3v) is 6.86. The number of fused-ring (bicyclic) bond motifs is 2. The zero-order valence-corrected chi connectivity index (χ0v) is 20.6. The van der Waals surface area contributed by atoms with E-state index in [0.29, 0.717) is 28.0 Å². The van der Waals surface area contributed by atoms with E-state index in [9.17, 15) is 19.1 Å². The van der Waals surface area contributed by atoms with E-state index < -0.39 is 11.8 Å². The number of nitrogens with one attached hydrogen (secondary N) is 1. The molecule has 2 N–H and O–H groups in total. The molecule has 1 atom stereocenters. The maximum absolute atomic E-state index is 14.6. The largest absolute Gasteiger partial charge is 0.387 e. The van der Waals surface area contributed by atoms with Crippen molar-refractivity contribution in [2.24, 2.45) is 0 Å². The summed E-state index contributed by atoms with van der Waals surface area (Å²) in [5, 5.41) is 17.2. The molecule has 0 unspecified atom stereocenters. The minimum atomic E-state index is -1.59. The quantitative estimate of drug-likeness (QED) is 0.537. The van der Waals surface area contributed by atoms with E-state index in [1.165, 1.54) is 29.5 Å². The number of rotatable bonds is 6. The number of anilines is 2. The Labute approximate surface area is 208 Å². The van der Waals surface area contributed by atoms with Crippen molar-refractivity contribution < 1.29 is 19.1 Å². The lowest BCUT2D eigenvalue weighted by Gasteiger charge is -2.35. The predicted molar refractivity (Wildman–Crippen MR) is 133 cm³/mol. The highest BCUT2D eigenvalue weighted by molar-refractivity contribution is 6.10. The van der Waals surface area contributed by atoms with Crippen LogP contribution in [0.25, 0.3) is 5.65 Å². The fourth-order valence-electron chi connectivity index (χ4n) is 4.56. The molecule has 2 aliphatic rings. The molecule has 11 heteroatoms. The van der Waals surface area contributed by atoms with Crippen LogP contribution >= 0.6 is 0 Å². The Kier molecular flexibility index (Phi) is 6.13. The second kappa shape index (κ2) is 9.14. The molecule has 1 aromatic carbocycles. The van der Waals surface area contributed by atoms with Gasteiger partial charge in [0, 0.05) is 50.7 Å². The number of carbonyl (C=O) groups excluding carboxylic acids is 2. The molecule has 10 nitrogen and oxygen atoms in total. The van der Waals surface area contributed by atoms with E-state index in [1.807, 2.05) is 0 Å². The first kappa shape index (κ1) is 24.1. The van der Waals surface area contributed by atoms with Gasteiger partial charge in [-0.2, -0.15) is 5.10 Å². The average Bonchev–Trinajstić information content (AvgIpc) is 3.40. The van der Waals surface area contributed by atoms with Gasteiger partial charge in [-0.25, -0.2) is 13.9 Å². The highest BCUT2D eigenvalue weighted by Gasteiger charge is 2.36. The van der Waals surface area contributed by atoms with E-state index in [4.69, 9.17) is 0 Å². The van der Waals surface area contributed by atoms with Gasteiger partial charge in [-0.3, -0.25) is 9.59 Å². The van der Waals surface area contributed by atoms with Crippen molar-refractivity contribution in [3.05, 3.63) is 53.5 Å². The van der Waals surface area contributed by atoms with Crippen molar-refractivity contribution in [1.82, 2.24) is 24.4 Å². The Morgan fingerprint density at radius 3 is 2.72 bits per heavy atom. The average molecular weight is 496 g/mol. The molecule has 0 saturated carbocycles. The van der Waals surface area contributed by atoms with Crippen LogP contribution in [0.1, 0.15) is 40.1 Å². The summed E-state index contributed by atoms with van der Waals surface area (Å²) in [6.45, 7) is 5.93. The predicted octanol–water partition coefficient (Wildman–Crippen LogP) is 1.80. The molecule has 190 valence electrons. The number of aromatic nitrogens is 3. The standard InChI is InChI=1S/C25H30FN7O3/c1-25(2,36)21(26)15-32-14-16-11-19(29-23(34)18-13-28-33-6-4-5-27-22(18)33)20(12-17(16)24(32)35)31-9-7-30(3)8-10-31/h4-6,11-13,21,36H,7-10,14-15H2,1-3H3,(H,29,34)/t21-/m1/s1. The van der Waals surface area contributed by atoms with E-state index in [2.05, 4.69) is 32.2 Å². The van der Waals surface area contributed by atoms with Gasteiger partial charge >= 0.3 is 0 Å². The van der Waals surface area contributed by atoms with E-state index in [1.54, 1.807) is 30.6 Å². The first-order valence-corrected chi connectivity index (χ1v) is 12.0. The summed E-state index contributed by atoms with van der Waals surface area (Å²) in [7, 11) is 2.05. The van der Waals surface area contributed by atoms with Gasteiger partial charge in [0.15, 0.2) is 5.65 Å². The highest BCUT2D eigenvalue weighted by atomic mass is 19.1. The summed E-state index contributed by atoms with van der Waals surface area (Å²) in [6.07, 6.45) is 3.21. The first-order chi connectivity index (χ1) is 17.1. The molecular weight excluding hydrogens is 465 g/mol. The number of likely N-dealkylation sites (N-methyl/N-ethyl adjacent to an activating group) is 1. The smallest absolute Gasteiger partial charge is 0.261 e. The van der Waals surface area contributed by atoms with Crippen LogP contribution in [0.3, 0.4) is 0 Å². The van der Waals surface area contributed by atoms with Crippen LogP contribution in [0, 0.1) is 0 Å². The second-order valence-corrected chi connectivity index (χ2v) is 10.0. The Morgan fingerprint density at radius 1 is 1.25 bits per heavy atom. The zero-order chi connectivity index (χ0) is 25.6. The maximum atomic E-state index is 14.6. The van der Waals surface area contributed by atoms with Gasteiger partial charge in [0.1, 0.15) is 11.7 Å². The van der Waals surface area contributed by atoms with Crippen LogP contribution in [-0.2, 0) is 6.54 Å². The Balaban J connectivity index is 1.47. The molecule has 2 aromatic heterocycles. The molecule has 5 rings (SSSR count). The molecule has 0 bridgehead atoms. The summed E-state index contributed by atoms with van der Waals surface area (Å²) in [4.78, 5) is 36.5. The maximum Gasteiger partial charge on any atom is 0.261 e. The Morgan fingerprint density at radius 2 is 2.00 bits per heavy atom. The van der Waals surface area contributed by atoms with Crippen LogP contribution in [0.15, 0.2) is 36.8 Å². The van der Waals surface area contributed by atoms with Crippen LogP contribution in [0.5, 0.6) is 0 Å². The molecule has 0 aliphatic carbocycles. The number of hydrogen-bond acceptors (Lipinski definition) is 7. The summed E-state index contributed by atoms with van der Waals surface area (Å²) in [5.74, 6) is -0.636. The molecule has 2 amide bonds. The fraction of sp³-hybridized carbons (Fsp3) is 0.440. The number of halogens is 1. The highest BCUT2D eigenvalue weighted by Crippen LogP contribution is 2.36. The molecule has 0 radical (unpaired) electrons. The number of alkyl halides is 1. The SMILES string of the molecule is CN1CCN(c2cc3c(cc2NC(=O)c2cnn4cccnc24)CN(C[C@@H](F)C(C)(C)O)C3=O)CC1. The third-order valence-electron chi connectivity index (χ3n) is 6.86. The van der Waals surface area contributed by atoms with Crippen molar-refractivity contribution >= 4 is 28.8 Å². The molecule has 1 fully saturated rings. The number of piperazine rings is 1. The number of carbonyl (C=O) groups is 2. The van der Waals surface area contributed by atoms with Gasteiger partial charge in [0.05, 0.1) is 29.7 Å². The first-order valence-electron chi connectivity index (χ1n) is 12.0. The molecule has 2 aliphatic heterocycles. The van der Waals surface area contributed by atoms with Crippen LogP contribution in [0.2, 0.25) is 0 Å². The Bertz CT molecular complexity index is 1310. The van der Waals surface area contributed by atoms with Gasteiger partial charge < -0.3 is 25.1 Å². The number of hydrogen-bond donors (Lipinski definition) is 2. The number of benzene rings is 1. The van der Waals surface area contributed by atoms with E-state index in [-0.39, 0.29) is 24.9 Å². The molecule has 3 aromatic rings. The van der Waals surface area contributed by atoms with Crippen molar-refractivity contribution in [3.8, 4) is 0 Å². The van der Waals surface area contributed by atoms with Crippen LogP contribution < -0.4 is 10.2 Å². The lowest BCUT2D eigenvalue weighted by Crippen LogP contribution is -2.44. The van der Waals surface area contributed by atoms with Crippen molar-refractivity contribution in [2.75, 3.05) is 50.0 Å². The van der Waals surface area contributed by atoms with Gasteiger partial charge in [-0.05, 0) is 44.7 Å². The minimum Gasteiger partial charge on any atom is -0.387 e. The van der Waals surface area contributed by atoms with Crippen molar-refractivity contribution in [2.45, 2.75) is 32.2 Å². The number of aliphatic hydroxyl groups is 1. The minimum absolute atomic E-state index is 0.203. The molecule has 4 heterocycles. The van der Waals surface area contributed by atoms with Gasteiger partial charge in [0.25, 0.3) is 11.8 Å². The van der Waals surface area contributed by atoms with Gasteiger partial charge in [-0.15, -0.1) is 0 Å². The number of nitrogens with zero attached hydrogens (tertiary/aromatic N) is 6. The third kappa shape index (κ3) is 4.51. The summed E-state index contributed by atoms with van der Waals surface area (Å²) >= 11 is 0. The summed E-state index contributed by atoms with van der Waals surface area (Å²) in [6, 6.07) is 5.33. The Hall–Kier alpha value is -3.57. The van der Waals surface area contributed by atoms with Crippen molar-refractivity contribution in [1.29, 1.82) is 0 Å². The molecular formula is C25H30FN7O3. The normalized spacial score (nSPS) is 17.5. The van der Waals surface area contributed by atoms with Crippen molar-refractivity contribution in [3.63, 3.8) is 0 Å². The lowest BCUT2D eigenvalue weighted by atomic mass is 10.0. The van der Waals surface area contributed by atoms with Crippen LogP contribution in [0.4, 0.5) is 15.8 Å². The topological polar surface area (TPSA) is 106 Å². The fourth-order valence-corrected chi connectivity index (χ4v) is 4.56. The summed E-state index contributed by atoms with van der Waals surface area (Å²) < 4.78 is 16.1. The monoisotopic (exact) mass is 495 g/mol. The second-order valence-electron chi connectivity index (χ2n) is 10.0. The molecule has 1 saturated heterocycles.